The number of esters is 1. The van der Waals surface area contributed by atoms with E-state index < -0.39 is 28.2 Å². The second kappa shape index (κ2) is 7.66. The van der Waals surface area contributed by atoms with Gasteiger partial charge >= 0.3 is 5.97 Å². The lowest BCUT2D eigenvalue weighted by Gasteiger charge is -2.11. The summed E-state index contributed by atoms with van der Waals surface area (Å²) in [7, 11) is 0. The number of halogens is 2. The van der Waals surface area contributed by atoms with E-state index in [4.69, 9.17) is 27.9 Å². The average molecular weight is 406 g/mol. The van der Waals surface area contributed by atoms with Crippen LogP contribution in [0.1, 0.15) is 13.3 Å². The SMILES string of the molecule is C[C@@]1(C(=O)OCC(=O)Nc2ccc(N=Nc3ccccc3)cc2)CC1(Cl)Cl. The molecular weight excluding hydrogens is 389 g/mol. The first kappa shape index (κ1) is 19.3. The number of hydrogen-bond acceptors (Lipinski definition) is 5. The highest BCUT2D eigenvalue weighted by Gasteiger charge is 2.69. The van der Waals surface area contributed by atoms with Crippen LogP contribution < -0.4 is 5.32 Å². The van der Waals surface area contributed by atoms with Crippen molar-refractivity contribution in [3.8, 4) is 0 Å². The Morgan fingerprint density at radius 1 is 1.04 bits per heavy atom. The summed E-state index contributed by atoms with van der Waals surface area (Å²) < 4.78 is 3.88. The minimum absolute atomic E-state index is 0.308. The van der Waals surface area contributed by atoms with E-state index in [0.29, 0.717) is 17.8 Å². The molecule has 1 aliphatic rings. The second-order valence-electron chi connectivity index (χ2n) is 6.42. The molecule has 0 unspecified atom stereocenters. The summed E-state index contributed by atoms with van der Waals surface area (Å²) >= 11 is 11.8. The molecule has 27 heavy (non-hydrogen) atoms. The molecule has 1 N–H and O–H groups in total. The molecule has 2 aromatic rings. The predicted octanol–water partition coefficient (Wildman–Crippen LogP) is 5.17. The van der Waals surface area contributed by atoms with Crippen molar-refractivity contribution in [2.45, 2.75) is 17.7 Å². The number of benzene rings is 2. The van der Waals surface area contributed by atoms with E-state index in [2.05, 4.69) is 15.5 Å². The maximum atomic E-state index is 11.9. The molecule has 1 amide bonds. The summed E-state index contributed by atoms with van der Waals surface area (Å²) in [6.07, 6.45) is 0.308. The van der Waals surface area contributed by atoms with Crippen LogP contribution in [0, 0.1) is 5.41 Å². The Hall–Kier alpha value is -2.44. The van der Waals surface area contributed by atoms with Gasteiger partial charge in [0.1, 0.15) is 9.75 Å². The Labute approximate surface area is 166 Å². The lowest BCUT2D eigenvalue weighted by atomic mass is 10.1. The van der Waals surface area contributed by atoms with E-state index in [0.717, 1.165) is 5.69 Å². The van der Waals surface area contributed by atoms with Crippen LogP contribution in [0.3, 0.4) is 0 Å². The zero-order chi connectivity index (χ0) is 19.5. The molecule has 1 saturated carbocycles. The fourth-order valence-electron chi connectivity index (χ4n) is 2.33. The minimum Gasteiger partial charge on any atom is -0.455 e. The van der Waals surface area contributed by atoms with Gasteiger partial charge in [0.25, 0.3) is 5.91 Å². The maximum Gasteiger partial charge on any atom is 0.315 e. The summed E-state index contributed by atoms with van der Waals surface area (Å²) in [6, 6.07) is 16.2. The third-order valence-electron chi connectivity index (χ3n) is 4.23. The van der Waals surface area contributed by atoms with Crippen LogP contribution in [0.5, 0.6) is 0 Å². The highest BCUT2D eigenvalue weighted by molar-refractivity contribution is 6.53. The number of ether oxygens (including phenoxy) is 1. The quantitative estimate of drug-likeness (QED) is 0.408. The summed E-state index contributed by atoms with van der Waals surface area (Å²) in [6.45, 7) is 1.20. The zero-order valence-electron chi connectivity index (χ0n) is 14.5. The first-order valence-electron chi connectivity index (χ1n) is 8.22. The fourth-order valence-corrected chi connectivity index (χ4v) is 3.02. The topological polar surface area (TPSA) is 80.1 Å². The Bertz CT molecular complexity index is 870. The Kier molecular flexibility index (Phi) is 5.48. The third-order valence-corrected chi connectivity index (χ3v) is 5.33. The van der Waals surface area contributed by atoms with E-state index in [1.807, 2.05) is 30.3 Å². The predicted molar refractivity (Wildman–Crippen MR) is 104 cm³/mol. The van der Waals surface area contributed by atoms with Crippen molar-refractivity contribution < 1.29 is 14.3 Å². The summed E-state index contributed by atoms with van der Waals surface area (Å²) in [5.41, 5.74) is 0.989. The number of carbonyl (C=O) groups is 2. The molecule has 0 spiro atoms. The number of nitrogens with one attached hydrogen (secondary N) is 1. The smallest absolute Gasteiger partial charge is 0.315 e. The fraction of sp³-hybridized carbons (Fsp3) is 0.263. The van der Waals surface area contributed by atoms with Gasteiger partial charge in [-0.2, -0.15) is 10.2 Å². The van der Waals surface area contributed by atoms with Crippen LogP contribution >= 0.6 is 23.2 Å². The number of carbonyl (C=O) groups excluding carboxylic acids is 2. The molecule has 6 nitrogen and oxygen atoms in total. The number of anilines is 1. The van der Waals surface area contributed by atoms with Gasteiger partial charge in [-0.05, 0) is 43.3 Å². The average Bonchev–Trinajstić information content (AvgIpc) is 3.19. The first-order chi connectivity index (χ1) is 12.8. The highest BCUT2D eigenvalue weighted by Crippen LogP contribution is 2.64. The molecule has 3 rings (SSSR count). The van der Waals surface area contributed by atoms with Crippen molar-refractivity contribution in [3.05, 3.63) is 54.6 Å². The number of azo groups is 1. The Morgan fingerprint density at radius 3 is 2.15 bits per heavy atom. The monoisotopic (exact) mass is 405 g/mol. The molecule has 8 heteroatoms. The number of rotatable bonds is 6. The number of alkyl halides is 2. The molecule has 1 atom stereocenters. The van der Waals surface area contributed by atoms with Crippen molar-refractivity contribution in [1.29, 1.82) is 0 Å². The van der Waals surface area contributed by atoms with Gasteiger partial charge in [-0.1, -0.05) is 18.2 Å². The van der Waals surface area contributed by atoms with Crippen molar-refractivity contribution in [2.24, 2.45) is 15.6 Å². The molecule has 0 aliphatic heterocycles. The Morgan fingerprint density at radius 2 is 1.59 bits per heavy atom. The highest BCUT2D eigenvalue weighted by atomic mass is 35.5. The van der Waals surface area contributed by atoms with Gasteiger partial charge in [-0.15, -0.1) is 23.2 Å². The molecular formula is C19H17Cl2N3O3. The van der Waals surface area contributed by atoms with Gasteiger partial charge in [0, 0.05) is 12.1 Å². The lowest BCUT2D eigenvalue weighted by molar-refractivity contribution is -0.152. The lowest BCUT2D eigenvalue weighted by Crippen LogP contribution is -2.26. The van der Waals surface area contributed by atoms with Gasteiger partial charge in [0.2, 0.25) is 0 Å². The van der Waals surface area contributed by atoms with E-state index >= 15 is 0 Å². The van der Waals surface area contributed by atoms with Crippen molar-refractivity contribution in [3.63, 3.8) is 0 Å². The summed E-state index contributed by atoms with van der Waals surface area (Å²) in [4.78, 5) is 23.9. The van der Waals surface area contributed by atoms with Crippen molar-refractivity contribution in [1.82, 2.24) is 0 Å². The van der Waals surface area contributed by atoms with Crippen molar-refractivity contribution >= 4 is 52.1 Å². The number of hydrogen-bond donors (Lipinski definition) is 1. The van der Waals surface area contributed by atoms with Gasteiger partial charge in [-0.25, -0.2) is 0 Å². The first-order valence-corrected chi connectivity index (χ1v) is 8.97. The van der Waals surface area contributed by atoms with Crippen LogP contribution in [-0.4, -0.2) is 22.8 Å². The molecule has 140 valence electrons. The largest absolute Gasteiger partial charge is 0.455 e. The van der Waals surface area contributed by atoms with Gasteiger partial charge in [-0.3, -0.25) is 9.59 Å². The van der Waals surface area contributed by atoms with E-state index in [-0.39, 0.29) is 0 Å². The molecule has 0 radical (unpaired) electrons. The molecule has 0 heterocycles. The van der Waals surface area contributed by atoms with Crippen LogP contribution in [0.15, 0.2) is 64.8 Å². The summed E-state index contributed by atoms with van der Waals surface area (Å²) in [5.74, 6) is -1.04. The van der Waals surface area contributed by atoms with Gasteiger partial charge < -0.3 is 10.1 Å². The van der Waals surface area contributed by atoms with Crippen LogP contribution in [-0.2, 0) is 14.3 Å². The number of amides is 1. The standard InChI is InChI=1S/C19H17Cl2N3O3/c1-18(12-19(18,20)21)17(26)27-11-16(25)22-13-7-9-15(10-8-13)24-23-14-5-3-2-4-6-14/h2-10H,11-12H2,1H3,(H,22,25)/t18-/m0/s1. The van der Waals surface area contributed by atoms with E-state index in [1.165, 1.54) is 0 Å². The molecule has 0 saturated heterocycles. The van der Waals surface area contributed by atoms with E-state index in [9.17, 15) is 9.59 Å². The molecule has 0 aromatic heterocycles. The van der Waals surface area contributed by atoms with Crippen LogP contribution in [0.25, 0.3) is 0 Å². The van der Waals surface area contributed by atoms with Gasteiger partial charge in [0.05, 0.1) is 11.4 Å². The maximum absolute atomic E-state index is 11.9. The normalized spacial score (nSPS) is 20.3. The van der Waals surface area contributed by atoms with Crippen LogP contribution in [0.4, 0.5) is 17.1 Å². The zero-order valence-corrected chi connectivity index (χ0v) is 16.0. The number of nitrogens with zero attached hydrogens (tertiary/aromatic N) is 2. The third kappa shape index (κ3) is 4.64. The van der Waals surface area contributed by atoms with Crippen LogP contribution in [0.2, 0.25) is 0 Å². The molecule has 0 bridgehead atoms. The Balaban J connectivity index is 1.49. The second-order valence-corrected chi connectivity index (χ2v) is 7.90. The minimum atomic E-state index is -1.12. The molecule has 1 fully saturated rings. The van der Waals surface area contributed by atoms with Gasteiger partial charge in [0.15, 0.2) is 6.61 Å². The van der Waals surface area contributed by atoms with E-state index in [1.54, 1.807) is 31.2 Å². The summed E-state index contributed by atoms with van der Waals surface area (Å²) in [5, 5.41) is 10.9. The molecule has 2 aromatic carbocycles. The van der Waals surface area contributed by atoms with Crippen molar-refractivity contribution in [2.75, 3.05) is 11.9 Å². The molecule has 1 aliphatic carbocycles.